The molecule has 0 aliphatic heterocycles. The smallest absolute Gasteiger partial charge is 0.191 e. The second-order valence-electron chi connectivity index (χ2n) is 6.20. The predicted molar refractivity (Wildman–Crippen MR) is 119 cm³/mol. The molecule has 0 saturated heterocycles. The molecule has 1 aromatic carbocycles. The molecule has 26 heavy (non-hydrogen) atoms. The second-order valence-corrected chi connectivity index (χ2v) is 7.78. The molecule has 2 N–H and O–H groups in total. The molecule has 0 bridgehead atoms. The van der Waals surface area contributed by atoms with Crippen molar-refractivity contribution in [1.82, 2.24) is 10.6 Å². The number of benzene rings is 1. The Kier molecular flexibility index (Phi) is 11.0. The van der Waals surface area contributed by atoms with Crippen molar-refractivity contribution in [1.29, 1.82) is 5.26 Å². The zero-order valence-electron chi connectivity index (χ0n) is 15.4. The van der Waals surface area contributed by atoms with Crippen LogP contribution in [0.2, 0.25) is 0 Å². The molecule has 1 aromatic rings. The monoisotopic (exact) mass is 490 g/mol. The van der Waals surface area contributed by atoms with Gasteiger partial charge in [0.1, 0.15) is 5.82 Å². The summed E-state index contributed by atoms with van der Waals surface area (Å²) in [6.07, 6.45) is 4.80. The van der Waals surface area contributed by atoms with Gasteiger partial charge in [0.2, 0.25) is 0 Å². The van der Waals surface area contributed by atoms with Crippen molar-refractivity contribution in [2.45, 2.75) is 57.4 Å². The van der Waals surface area contributed by atoms with E-state index in [0.29, 0.717) is 22.4 Å². The Morgan fingerprint density at radius 3 is 2.88 bits per heavy atom. The van der Waals surface area contributed by atoms with Gasteiger partial charge < -0.3 is 10.6 Å². The SMILES string of the molecule is CCNC(=NCc1cc(C#N)ccc1F)NC1CCCC(SCC)C1.I. The van der Waals surface area contributed by atoms with Crippen LogP contribution in [0.3, 0.4) is 0 Å². The zero-order chi connectivity index (χ0) is 18.1. The molecule has 2 atom stereocenters. The zero-order valence-corrected chi connectivity index (χ0v) is 18.6. The van der Waals surface area contributed by atoms with E-state index < -0.39 is 0 Å². The normalized spacial score (nSPS) is 20.0. The fourth-order valence-corrected chi connectivity index (χ4v) is 4.28. The number of halogens is 2. The highest BCUT2D eigenvalue weighted by atomic mass is 127. The summed E-state index contributed by atoms with van der Waals surface area (Å²) in [6, 6.07) is 6.83. The van der Waals surface area contributed by atoms with Crippen LogP contribution < -0.4 is 10.6 Å². The van der Waals surface area contributed by atoms with Crippen LogP contribution in [0, 0.1) is 17.1 Å². The largest absolute Gasteiger partial charge is 0.357 e. The van der Waals surface area contributed by atoms with Gasteiger partial charge in [0.15, 0.2) is 5.96 Å². The topological polar surface area (TPSA) is 60.2 Å². The van der Waals surface area contributed by atoms with E-state index in [2.05, 4.69) is 22.5 Å². The van der Waals surface area contributed by atoms with Crippen LogP contribution in [0.25, 0.3) is 0 Å². The lowest BCUT2D eigenvalue weighted by atomic mass is 9.95. The summed E-state index contributed by atoms with van der Waals surface area (Å²) in [5.41, 5.74) is 0.899. The molecule has 0 aromatic heterocycles. The molecule has 2 rings (SSSR count). The maximum atomic E-state index is 13.9. The van der Waals surface area contributed by atoms with E-state index in [1.165, 1.54) is 25.0 Å². The molecule has 7 heteroatoms. The van der Waals surface area contributed by atoms with Gasteiger partial charge in [-0.1, -0.05) is 13.3 Å². The van der Waals surface area contributed by atoms with E-state index in [9.17, 15) is 4.39 Å². The van der Waals surface area contributed by atoms with Gasteiger partial charge >= 0.3 is 0 Å². The van der Waals surface area contributed by atoms with Crippen molar-refractivity contribution in [3.8, 4) is 6.07 Å². The van der Waals surface area contributed by atoms with Crippen molar-refractivity contribution in [3.05, 3.63) is 35.1 Å². The van der Waals surface area contributed by atoms with Gasteiger partial charge in [0.25, 0.3) is 0 Å². The Morgan fingerprint density at radius 2 is 2.19 bits per heavy atom. The number of hydrogen-bond acceptors (Lipinski definition) is 3. The standard InChI is InChI=1S/C19H27FN4S.HI/c1-3-22-19(24-16-6-5-7-17(11-16)25-4-2)23-13-15-10-14(12-21)8-9-18(15)20;/h8-10,16-17H,3-7,11,13H2,1-2H3,(H2,22,23,24);1H. The van der Waals surface area contributed by atoms with Gasteiger partial charge in [0, 0.05) is 23.4 Å². The third kappa shape index (κ3) is 7.31. The molecule has 0 spiro atoms. The lowest BCUT2D eigenvalue weighted by Gasteiger charge is -2.30. The third-order valence-electron chi connectivity index (χ3n) is 4.30. The summed E-state index contributed by atoms with van der Waals surface area (Å²) < 4.78 is 13.9. The van der Waals surface area contributed by atoms with Crippen LogP contribution >= 0.6 is 35.7 Å². The Balaban J connectivity index is 0.00000338. The highest BCUT2D eigenvalue weighted by Crippen LogP contribution is 2.28. The van der Waals surface area contributed by atoms with E-state index >= 15 is 0 Å². The van der Waals surface area contributed by atoms with E-state index in [4.69, 9.17) is 5.26 Å². The van der Waals surface area contributed by atoms with Gasteiger partial charge in [0.05, 0.1) is 18.2 Å². The van der Waals surface area contributed by atoms with Gasteiger partial charge in [-0.05, 0) is 50.1 Å². The molecule has 1 aliphatic rings. The molecule has 1 fully saturated rings. The maximum absolute atomic E-state index is 13.9. The predicted octanol–water partition coefficient (Wildman–Crippen LogP) is 4.43. The molecule has 0 radical (unpaired) electrons. The van der Waals surface area contributed by atoms with Crippen molar-refractivity contribution in [3.63, 3.8) is 0 Å². The van der Waals surface area contributed by atoms with Crippen LogP contribution in [0.5, 0.6) is 0 Å². The van der Waals surface area contributed by atoms with E-state index in [-0.39, 0.29) is 36.3 Å². The average molecular weight is 490 g/mol. The maximum Gasteiger partial charge on any atom is 0.191 e. The van der Waals surface area contributed by atoms with Crippen molar-refractivity contribution >= 4 is 41.7 Å². The molecule has 1 aliphatic carbocycles. The lowest BCUT2D eigenvalue weighted by Crippen LogP contribution is -2.45. The molecule has 2 unspecified atom stereocenters. The lowest BCUT2D eigenvalue weighted by molar-refractivity contribution is 0.419. The number of rotatable bonds is 6. The molecule has 0 amide bonds. The van der Waals surface area contributed by atoms with Crippen LogP contribution in [-0.2, 0) is 6.54 Å². The van der Waals surface area contributed by atoms with E-state index in [1.54, 1.807) is 6.07 Å². The summed E-state index contributed by atoms with van der Waals surface area (Å²) in [6.45, 7) is 5.20. The summed E-state index contributed by atoms with van der Waals surface area (Å²) >= 11 is 2.03. The molecule has 0 heterocycles. The van der Waals surface area contributed by atoms with Crippen molar-refractivity contribution in [2.24, 2.45) is 4.99 Å². The number of thioether (sulfide) groups is 1. The van der Waals surface area contributed by atoms with E-state index in [0.717, 1.165) is 31.1 Å². The molecular formula is C19H28FIN4S. The first-order chi connectivity index (χ1) is 12.2. The van der Waals surface area contributed by atoms with Gasteiger partial charge in [-0.3, -0.25) is 0 Å². The van der Waals surface area contributed by atoms with Crippen molar-refractivity contribution in [2.75, 3.05) is 12.3 Å². The summed E-state index contributed by atoms with van der Waals surface area (Å²) in [5, 5.41) is 16.4. The summed E-state index contributed by atoms with van der Waals surface area (Å²) in [5.74, 6) is 1.55. The Labute approximate surface area is 177 Å². The quantitative estimate of drug-likeness (QED) is 0.352. The highest BCUT2D eigenvalue weighted by Gasteiger charge is 2.22. The fraction of sp³-hybridized carbons (Fsp3) is 0.579. The second kappa shape index (κ2) is 12.4. The Morgan fingerprint density at radius 1 is 1.38 bits per heavy atom. The summed E-state index contributed by atoms with van der Waals surface area (Å²) in [4.78, 5) is 4.52. The first-order valence-corrected chi connectivity index (χ1v) is 10.1. The first kappa shape index (κ1) is 23.0. The highest BCUT2D eigenvalue weighted by molar-refractivity contribution is 14.0. The number of nitrogens with zero attached hydrogens (tertiary/aromatic N) is 2. The molecule has 1 saturated carbocycles. The first-order valence-electron chi connectivity index (χ1n) is 9.01. The minimum absolute atomic E-state index is 0. The number of nitrogens with one attached hydrogen (secondary N) is 2. The van der Waals surface area contributed by atoms with Gasteiger partial charge in [-0.25, -0.2) is 9.38 Å². The average Bonchev–Trinajstić information content (AvgIpc) is 2.61. The van der Waals surface area contributed by atoms with Gasteiger partial charge in [-0.2, -0.15) is 17.0 Å². The fourth-order valence-electron chi connectivity index (χ4n) is 3.11. The number of hydrogen-bond donors (Lipinski definition) is 2. The summed E-state index contributed by atoms with van der Waals surface area (Å²) in [7, 11) is 0. The number of nitriles is 1. The third-order valence-corrected chi connectivity index (χ3v) is 5.53. The Bertz CT molecular complexity index is 630. The minimum atomic E-state index is -0.323. The molecule has 4 nitrogen and oxygen atoms in total. The van der Waals surface area contributed by atoms with Crippen LogP contribution in [0.4, 0.5) is 4.39 Å². The van der Waals surface area contributed by atoms with Gasteiger partial charge in [-0.15, -0.1) is 24.0 Å². The Hall–Kier alpha value is -1.01. The van der Waals surface area contributed by atoms with Crippen LogP contribution in [0.15, 0.2) is 23.2 Å². The number of aliphatic imine (C=N–C) groups is 1. The molecule has 144 valence electrons. The van der Waals surface area contributed by atoms with E-state index in [1.807, 2.05) is 24.8 Å². The van der Waals surface area contributed by atoms with Crippen LogP contribution in [-0.4, -0.2) is 29.5 Å². The van der Waals surface area contributed by atoms with Crippen molar-refractivity contribution < 1.29 is 4.39 Å². The minimum Gasteiger partial charge on any atom is -0.357 e. The van der Waals surface area contributed by atoms with Crippen LogP contribution in [0.1, 0.15) is 50.7 Å². The number of guanidine groups is 1. The molecular weight excluding hydrogens is 462 g/mol.